The van der Waals surface area contributed by atoms with Crippen LogP contribution in [0.5, 0.6) is 5.75 Å². The molecule has 1 N–H and O–H groups in total. The monoisotopic (exact) mass is 653 g/mol. The minimum Gasteiger partial charge on any atom is -0.489 e. The molecular weight excluding hydrogens is 611 g/mol. The van der Waals surface area contributed by atoms with Crippen molar-refractivity contribution < 1.29 is 22.7 Å². The van der Waals surface area contributed by atoms with Crippen molar-refractivity contribution in [3.05, 3.63) is 131 Å². The second-order valence-corrected chi connectivity index (χ2v) is 14.2. The van der Waals surface area contributed by atoms with Gasteiger partial charge in [0.1, 0.15) is 24.9 Å². The van der Waals surface area contributed by atoms with Crippen molar-refractivity contribution in [1.82, 2.24) is 10.2 Å². The Morgan fingerprint density at radius 2 is 1.45 bits per heavy atom. The van der Waals surface area contributed by atoms with Crippen molar-refractivity contribution in [1.29, 1.82) is 0 Å². The SMILES string of the molecule is Cc1cccc(CN(C(=O)CN(c2ccc(OCc3ccccc3)cc2)S(C)(=O)=O)[C@H](Cc2ccccc2)C(=O)NC2CCCC2)c1. The molecular formula is C38H43N3O5S. The quantitative estimate of drug-likeness (QED) is 0.179. The van der Waals surface area contributed by atoms with E-state index in [9.17, 15) is 18.0 Å². The van der Waals surface area contributed by atoms with Crippen molar-refractivity contribution in [2.75, 3.05) is 17.1 Å². The van der Waals surface area contributed by atoms with Gasteiger partial charge >= 0.3 is 0 Å². The Balaban J connectivity index is 1.43. The third-order valence-corrected chi connectivity index (χ3v) is 9.60. The predicted octanol–water partition coefficient (Wildman–Crippen LogP) is 6.04. The van der Waals surface area contributed by atoms with Crippen LogP contribution in [0, 0.1) is 6.92 Å². The average Bonchev–Trinajstić information content (AvgIpc) is 3.58. The summed E-state index contributed by atoms with van der Waals surface area (Å²) in [6.07, 6.45) is 5.30. The second kappa shape index (κ2) is 15.8. The molecule has 0 unspecified atom stereocenters. The van der Waals surface area contributed by atoms with Crippen LogP contribution in [-0.4, -0.2) is 50.0 Å². The lowest BCUT2D eigenvalue weighted by molar-refractivity contribution is -0.140. The van der Waals surface area contributed by atoms with Crippen molar-refractivity contribution >= 4 is 27.5 Å². The van der Waals surface area contributed by atoms with Gasteiger partial charge in [-0.1, -0.05) is 103 Å². The minimum atomic E-state index is -3.87. The predicted molar refractivity (Wildman–Crippen MR) is 185 cm³/mol. The summed E-state index contributed by atoms with van der Waals surface area (Å²) in [4.78, 5) is 29.9. The van der Waals surface area contributed by atoms with E-state index in [-0.39, 0.29) is 18.5 Å². The summed E-state index contributed by atoms with van der Waals surface area (Å²) >= 11 is 0. The first-order chi connectivity index (χ1) is 22.7. The highest BCUT2D eigenvalue weighted by atomic mass is 32.2. The number of hydrogen-bond donors (Lipinski definition) is 1. The van der Waals surface area contributed by atoms with Gasteiger partial charge < -0.3 is 15.0 Å². The zero-order chi connectivity index (χ0) is 33.2. The van der Waals surface area contributed by atoms with Gasteiger partial charge in [0, 0.05) is 19.0 Å². The number of carbonyl (C=O) groups excluding carboxylic acids is 2. The molecule has 8 nitrogen and oxygen atoms in total. The first-order valence-corrected chi connectivity index (χ1v) is 17.9. The lowest BCUT2D eigenvalue weighted by Crippen LogP contribution is -2.54. The highest BCUT2D eigenvalue weighted by Crippen LogP contribution is 2.25. The Hall–Kier alpha value is -4.63. The van der Waals surface area contributed by atoms with E-state index in [1.54, 1.807) is 29.2 Å². The fourth-order valence-corrected chi connectivity index (χ4v) is 6.84. The van der Waals surface area contributed by atoms with Crippen LogP contribution in [-0.2, 0) is 39.2 Å². The second-order valence-electron chi connectivity index (χ2n) is 12.2. The topological polar surface area (TPSA) is 96.0 Å². The Labute approximate surface area is 278 Å². The molecule has 1 aliphatic rings. The summed E-state index contributed by atoms with van der Waals surface area (Å²) in [5.74, 6) is -0.124. The minimum absolute atomic E-state index is 0.0619. The van der Waals surface area contributed by atoms with Crippen molar-refractivity contribution in [3.63, 3.8) is 0 Å². The van der Waals surface area contributed by atoms with Gasteiger partial charge in [-0.25, -0.2) is 8.42 Å². The Morgan fingerprint density at radius 1 is 0.830 bits per heavy atom. The number of anilines is 1. The van der Waals surface area contributed by atoms with E-state index in [1.807, 2.05) is 91.9 Å². The van der Waals surface area contributed by atoms with Gasteiger partial charge in [0.25, 0.3) is 0 Å². The smallest absolute Gasteiger partial charge is 0.244 e. The molecule has 4 aromatic rings. The molecule has 1 atom stereocenters. The number of nitrogens with one attached hydrogen (secondary N) is 1. The maximum atomic E-state index is 14.4. The highest BCUT2D eigenvalue weighted by molar-refractivity contribution is 7.92. The fraction of sp³-hybridized carbons (Fsp3) is 0.316. The third kappa shape index (κ3) is 9.68. The fourth-order valence-electron chi connectivity index (χ4n) is 5.99. The van der Waals surface area contributed by atoms with E-state index in [0.717, 1.165) is 58.5 Å². The van der Waals surface area contributed by atoms with Crippen LogP contribution < -0.4 is 14.4 Å². The molecule has 0 aliphatic heterocycles. The van der Waals surface area contributed by atoms with Crippen molar-refractivity contribution in [2.45, 2.75) is 64.3 Å². The van der Waals surface area contributed by atoms with Gasteiger partial charge in [-0.05, 0) is 60.7 Å². The van der Waals surface area contributed by atoms with E-state index < -0.39 is 28.5 Å². The molecule has 9 heteroatoms. The number of rotatable bonds is 14. The molecule has 1 fully saturated rings. The summed E-state index contributed by atoms with van der Waals surface area (Å²) < 4.78 is 33.3. The number of amides is 2. The summed E-state index contributed by atoms with van der Waals surface area (Å²) in [5.41, 5.74) is 4.13. The molecule has 0 heterocycles. The number of hydrogen-bond acceptors (Lipinski definition) is 5. The van der Waals surface area contributed by atoms with Crippen LogP contribution in [0.25, 0.3) is 0 Å². The lowest BCUT2D eigenvalue weighted by atomic mass is 10.0. The normalized spacial score (nSPS) is 13.9. The van der Waals surface area contributed by atoms with Gasteiger partial charge in [-0.15, -0.1) is 0 Å². The van der Waals surface area contributed by atoms with Gasteiger partial charge in [0.15, 0.2) is 0 Å². The molecule has 0 saturated heterocycles. The number of carbonyl (C=O) groups is 2. The number of sulfonamides is 1. The molecule has 1 saturated carbocycles. The number of benzene rings is 4. The largest absolute Gasteiger partial charge is 0.489 e. The first-order valence-electron chi connectivity index (χ1n) is 16.1. The van der Waals surface area contributed by atoms with Crippen molar-refractivity contribution in [2.24, 2.45) is 0 Å². The highest BCUT2D eigenvalue weighted by Gasteiger charge is 2.34. The van der Waals surface area contributed by atoms with Crippen molar-refractivity contribution in [3.8, 4) is 5.75 Å². The molecule has 246 valence electrons. The molecule has 4 aromatic carbocycles. The Bertz CT molecular complexity index is 1720. The molecule has 0 aromatic heterocycles. The van der Waals surface area contributed by atoms with Crippen LogP contribution >= 0.6 is 0 Å². The molecule has 1 aliphatic carbocycles. The van der Waals surface area contributed by atoms with Crippen LogP contribution in [0.2, 0.25) is 0 Å². The van der Waals surface area contributed by atoms with E-state index in [0.29, 0.717) is 24.5 Å². The first kappa shape index (κ1) is 33.7. The van der Waals surface area contributed by atoms with E-state index >= 15 is 0 Å². The molecule has 0 radical (unpaired) electrons. The van der Waals surface area contributed by atoms with Gasteiger partial charge in [0.05, 0.1) is 11.9 Å². The van der Waals surface area contributed by atoms with E-state index in [4.69, 9.17) is 4.74 Å². The van der Waals surface area contributed by atoms with Gasteiger partial charge in [-0.2, -0.15) is 0 Å². The summed E-state index contributed by atoms with van der Waals surface area (Å²) in [7, 11) is -3.87. The zero-order valence-corrected chi connectivity index (χ0v) is 27.9. The van der Waals surface area contributed by atoms with E-state index in [2.05, 4.69) is 5.32 Å². The number of nitrogens with zero attached hydrogens (tertiary/aromatic N) is 2. The third-order valence-electron chi connectivity index (χ3n) is 8.46. The van der Waals surface area contributed by atoms with Crippen LogP contribution in [0.4, 0.5) is 5.69 Å². The molecule has 2 amide bonds. The molecule has 47 heavy (non-hydrogen) atoms. The summed E-state index contributed by atoms with van der Waals surface area (Å²) in [6.45, 7) is 2.04. The maximum Gasteiger partial charge on any atom is 0.244 e. The zero-order valence-electron chi connectivity index (χ0n) is 27.0. The van der Waals surface area contributed by atoms with Crippen LogP contribution in [0.15, 0.2) is 109 Å². The van der Waals surface area contributed by atoms with Crippen LogP contribution in [0.1, 0.15) is 47.9 Å². The maximum absolute atomic E-state index is 14.4. The molecule has 0 spiro atoms. The lowest BCUT2D eigenvalue weighted by Gasteiger charge is -2.34. The van der Waals surface area contributed by atoms with Gasteiger partial charge in [-0.3, -0.25) is 13.9 Å². The standard InChI is InChI=1S/C38H43N3O5S/c1-29-12-11-17-32(24-29)26-40(36(25-30-13-5-3-6-14-30)38(43)39-33-18-9-10-19-33)37(42)27-41(47(2,44)45)34-20-22-35(23-21-34)46-28-31-15-7-4-8-16-31/h3-8,11-17,20-24,33,36H,9-10,18-19,25-28H2,1-2H3,(H,39,43)/t36-/m1/s1. The molecule has 0 bridgehead atoms. The summed E-state index contributed by atoms with van der Waals surface area (Å²) in [5, 5.41) is 3.20. The number of ether oxygens (including phenoxy) is 1. The summed E-state index contributed by atoms with van der Waals surface area (Å²) in [6, 6.07) is 33.0. The Kier molecular flexibility index (Phi) is 11.3. The molecule has 5 rings (SSSR count). The average molecular weight is 654 g/mol. The number of aryl methyl sites for hydroxylation is 1. The van der Waals surface area contributed by atoms with Crippen LogP contribution in [0.3, 0.4) is 0 Å². The Morgan fingerprint density at radius 3 is 2.06 bits per heavy atom. The van der Waals surface area contributed by atoms with E-state index in [1.165, 1.54) is 0 Å². The van der Waals surface area contributed by atoms with Gasteiger partial charge in [0.2, 0.25) is 21.8 Å².